The number of thiazole rings is 1. The minimum Gasteiger partial charge on any atom is -0.459 e. The van der Waals surface area contributed by atoms with Gasteiger partial charge in [0.25, 0.3) is 0 Å². The summed E-state index contributed by atoms with van der Waals surface area (Å²) in [6.07, 6.45) is -0.0170. The molecule has 3 aromatic rings. The molecule has 5 nitrogen and oxygen atoms in total. The van der Waals surface area contributed by atoms with Crippen LogP contribution in [0.2, 0.25) is 0 Å². The average molecular weight is 412 g/mol. The number of amides is 1. The van der Waals surface area contributed by atoms with Gasteiger partial charge in [0.05, 0.1) is 17.8 Å². The Morgan fingerprint density at radius 1 is 1.17 bits per heavy atom. The van der Waals surface area contributed by atoms with Crippen LogP contribution in [0.5, 0.6) is 0 Å². The lowest BCUT2D eigenvalue weighted by molar-refractivity contribution is -0.144. The molecule has 0 aliphatic rings. The van der Waals surface area contributed by atoms with Crippen LogP contribution < -0.4 is 4.90 Å². The van der Waals surface area contributed by atoms with E-state index in [2.05, 4.69) is 4.98 Å². The van der Waals surface area contributed by atoms with Crippen molar-refractivity contribution >= 4 is 34.0 Å². The second kappa shape index (κ2) is 8.96. The van der Waals surface area contributed by atoms with Crippen molar-refractivity contribution in [2.24, 2.45) is 0 Å². The van der Waals surface area contributed by atoms with Crippen molar-refractivity contribution in [1.82, 2.24) is 4.98 Å². The maximum atomic E-state index is 13.2. The average Bonchev–Trinajstić information content (AvgIpc) is 3.10. The summed E-state index contributed by atoms with van der Waals surface area (Å²) in [6.45, 7) is 5.41. The van der Waals surface area contributed by atoms with Crippen LogP contribution in [0.1, 0.15) is 29.3 Å². The molecule has 1 aromatic heterocycles. The summed E-state index contributed by atoms with van der Waals surface area (Å²) in [6, 6.07) is 11.7. The number of nitrogens with zero attached hydrogens (tertiary/aromatic N) is 2. The number of rotatable bonds is 6. The van der Waals surface area contributed by atoms with Gasteiger partial charge in [-0.05, 0) is 43.2 Å². The highest BCUT2D eigenvalue weighted by atomic mass is 32.1. The van der Waals surface area contributed by atoms with Gasteiger partial charge in [-0.2, -0.15) is 0 Å². The van der Waals surface area contributed by atoms with E-state index in [9.17, 15) is 14.0 Å². The molecular weight excluding hydrogens is 391 g/mol. The predicted molar refractivity (Wildman–Crippen MR) is 111 cm³/mol. The van der Waals surface area contributed by atoms with Gasteiger partial charge in [-0.15, -0.1) is 11.3 Å². The highest BCUT2D eigenvalue weighted by Gasteiger charge is 2.20. The molecule has 0 saturated heterocycles. The molecule has 0 N–H and O–H groups in total. The molecule has 0 unspecified atom stereocenters. The Hall–Kier alpha value is -3.06. The van der Waals surface area contributed by atoms with Crippen LogP contribution in [0.25, 0.3) is 0 Å². The van der Waals surface area contributed by atoms with E-state index >= 15 is 0 Å². The fourth-order valence-corrected chi connectivity index (χ4v) is 3.81. The van der Waals surface area contributed by atoms with Crippen LogP contribution >= 0.6 is 11.3 Å². The van der Waals surface area contributed by atoms with Crippen molar-refractivity contribution in [2.75, 3.05) is 4.90 Å². The van der Waals surface area contributed by atoms with Gasteiger partial charge in [0, 0.05) is 12.3 Å². The van der Waals surface area contributed by atoms with Gasteiger partial charge in [0.15, 0.2) is 5.13 Å². The van der Waals surface area contributed by atoms with E-state index in [0.717, 1.165) is 16.8 Å². The molecule has 0 saturated carbocycles. The Balaban J connectivity index is 1.68. The molecule has 0 fully saturated rings. The van der Waals surface area contributed by atoms with E-state index in [-0.39, 0.29) is 18.9 Å². The summed E-state index contributed by atoms with van der Waals surface area (Å²) >= 11 is 1.30. The highest BCUT2D eigenvalue weighted by Crippen LogP contribution is 2.31. The van der Waals surface area contributed by atoms with Crippen molar-refractivity contribution < 1.29 is 18.7 Å². The SMILES string of the molecule is CC(=O)N(c1nc(COC(=O)Cc2cccc(F)c2)cs1)c1ccc(C)cc1C. The first-order chi connectivity index (χ1) is 13.8. The maximum absolute atomic E-state index is 13.2. The second-order valence-electron chi connectivity index (χ2n) is 6.73. The number of ether oxygens (including phenoxy) is 1. The number of hydrogen-bond acceptors (Lipinski definition) is 5. The van der Waals surface area contributed by atoms with Crippen LogP contribution in [0, 0.1) is 19.7 Å². The minimum atomic E-state index is -0.469. The van der Waals surface area contributed by atoms with Crippen LogP contribution in [-0.4, -0.2) is 16.9 Å². The molecule has 29 heavy (non-hydrogen) atoms. The molecule has 0 aliphatic carbocycles. The largest absolute Gasteiger partial charge is 0.459 e. The standard InChI is InChI=1S/C22H21FN2O3S/c1-14-7-8-20(15(2)9-14)25(16(3)26)22-24-19(13-29-22)12-28-21(27)11-17-5-4-6-18(23)10-17/h4-10,13H,11-12H2,1-3H3. The van der Waals surface area contributed by atoms with E-state index in [0.29, 0.717) is 16.4 Å². The Morgan fingerprint density at radius 2 is 1.97 bits per heavy atom. The Kier molecular flexibility index (Phi) is 6.39. The molecule has 0 spiro atoms. The molecule has 2 aromatic carbocycles. The topological polar surface area (TPSA) is 59.5 Å². The van der Waals surface area contributed by atoms with Crippen molar-refractivity contribution in [3.63, 3.8) is 0 Å². The minimum absolute atomic E-state index is 0.0106. The van der Waals surface area contributed by atoms with E-state index in [1.807, 2.05) is 32.0 Å². The third-order valence-corrected chi connectivity index (χ3v) is 5.13. The number of esters is 1. The first-order valence-electron chi connectivity index (χ1n) is 9.06. The van der Waals surface area contributed by atoms with Crippen molar-refractivity contribution in [1.29, 1.82) is 0 Å². The number of anilines is 2. The number of aryl methyl sites for hydroxylation is 2. The van der Waals surface area contributed by atoms with Gasteiger partial charge in [-0.3, -0.25) is 14.5 Å². The lowest BCUT2D eigenvalue weighted by atomic mass is 10.1. The third kappa shape index (κ3) is 5.26. The van der Waals surface area contributed by atoms with Gasteiger partial charge >= 0.3 is 5.97 Å². The first kappa shape index (κ1) is 20.7. The van der Waals surface area contributed by atoms with Gasteiger partial charge in [-0.1, -0.05) is 29.8 Å². The summed E-state index contributed by atoms with van der Waals surface area (Å²) in [5, 5.41) is 2.27. The van der Waals surface area contributed by atoms with E-state index in [1.165, 1.54) is 30.4 Å². The van der Waals surface area contributed by atoms with E-state index in [4.69, 9.17) is 4.74 Å². The quantitative estimate of drug-likeness (QED) is 0.542. The van der Waals surface area contributed by atoms with Crippen LogP contribution in [0.3, 0.4) is 0 Å². The van der Waals surface area contributed by atoms with E-state index in [1.54, 1.807) is 22.4 Å². The van der Waals surface area contributed by atoms with Crippen LogP contribution in [0.4, 0.5) is 15.2 Å². The van der Waals surface area contributed by atoms with Crippen LogP contribution in [-0.2, 0) is 27.4 Å². The molecule has 3 rings (SSSR count). The predicted octanol–water partition coefficient (Wildman–Crippen LogP) is 4.87. The Morgan fingerprint density at radius 3 is 2.66 bits per heavy atom. The number of carbonyl (C=O) groups is 2. The lowest BCUT2D eigenvalue weighted by Gasteiger charge is -2.20. The second-order valence-corrected chi connectivity index (χ2v) is 7.57. The van der Waals surface area contributed by atoms with Crippen molar-refractivity contribution in [2.45, 2.75) is 33.8 Å². The monoisotopic (exact) mass is 412 g/mol. The zero-order valence-electron chi connectivity index (χ0n) is 16.4. The third-order valence-electron chi connectivity index (χ3n) is 4.26. The maximum Gasteiger partial charge on any atom is 0.310 e. The zero-order valence-corrected chi connectivity index (χ0v) is 17.3. The van der Waals surface area contributed by atoms with Gasteiger partial charge in [-0.25, -0.2) is 9.37 Å². The number of carbonyl (C=O) groups excluding carboxylic acids is 2. The molecule has 0 aliphatic heterocycles. The summed E-state index contributed by atoms with van der Waals surface area (Å²) in [5.74, 6) is -1.01. The van der Waals surface area contributed by atoms with E-state index < -0.39 is 11.8 Å². The number of aromatic nitrogens is 1. The molecule has 0 bridgehead atoms. The zero-order chi connectivity index (χ0) is 21.0. The number of hydrogen-bond donors (Lipinski definition) is 0. The Bertz CT molecular complexity index is 1050. The first-order valence-corrected chi connectivity index (χ1v) is 9.94. The van der Waals surface area contributed by atoms with Crippen molar-refractivity contribution in [3.05, 3.63) is 76.0 Å². The summed E-state index contributed by atoms with van der Waals surface area (Å²) < 4.78 is 18.5. The number of benzene rings is 2. The van der Waals surface area contributed by atoms with Gasteiger partial charge in [0.2, 0.25) is 5.91 Å². The van der Waals surface area contributed by atoms with Crippen molar-refractivity contribution in [3.8, 4) is 0 Å². The van der Waals surface area contributed by atoms with Gasteiger partial charge < -0.3 is 4.74 Å². The highest BCUT2D eigenvalue weighted by molar-refractivity contribution is 7.14. The molecule has 150 valence electrons. The fraction of sp³-hybridized carbons (Fsp3) is 0.227. The summed E-state index contributed by atoms with van der Waals surface area (Å²) in [4.78, 5) is 30.3. The van der Waals surface area contributed by atoms with Crippen LogP contribution in [0.15, 0.2) is 47.8 Å². The smallest absolute Gasteiger partial charge is 0.310 e. The lowest BCUT2D eigenvalue weighted by Crippen LogP contribution is -2.23. The molecule has 1 heterocycles. The molecule has 1 amide bonds. The van der Waals surface area contributed by atoms with Gasteiger partial charge in [0.1, 0.15) is 12.4 Å². The molecule has 0 radical (unpaired) electrons. The molecule has 7 heteroatoms. The summed E-state index contributed by atoms with van der Waals surface area (Å²) in [7, 11) is 0. The number of halogens is 1. The Labute approximate surface area is 172 Å². The molecule has 0 atom stereocenters. The fourth-order valence-electron chi connectivity index (χ4n) is 2.95. The molecular formula is C22H21FN2O3S. The normalized spacial score (nSPS) is 10.6. The summed E-state index contributed by atoms with van der Waals surface area (Å²) in [5.41, 5.74) is 3.95.